The van der Waals surface area contributed by atoms with Crippen molar-refractivity contribution >= 4 is 28.2 Å². The van der Waals surface area contributed by atoms with Gasteiger partial charge in [-0.25, -0.2) is 13.2 Å². The normalized spacial score (nSPS) is 11.2. The summed E-state index contributed by atoms with van der Waals surface area (Å²) in [5.41, 5.74) is 1.40. The van der Waals surface area contributed by atoms with Crippen LogP contribution in [-0.2, 0) is 0 Å². The zero-order valence-corrected chi connectivity index (χ0v) is 14.8. The van der Waals surface area contributed by atoms with Crippen molar-refractivity contribution in [2.24, 2.45) is 0 Å². The Morgan fingerprint density at radius 1 is 1.22 bits per heavy atom. The molecule has 0 saturated carbocycles. The van der Waals surface area contributed by atoms with E-state index in [1.807, 2.05) is 13.0 Å². The Morgan fingerprint density at radius 3 is 2.59 bits per heavy atom. The second kappa shape index (κ2) is 7.22. The van der Waals surface area contributed by atoms with Gasteiger partial charge in [-0.15, -0.1) is 0 Å². The van der Waals surface area contributed by atoms with E-state index in [9.17, 15) is 13.2 Å². The third kappa shape index (κ3) is 3.69. The van der Waals surface area contributed by atoms with Crippen molar-refractivity contribution in [1.29, 1.82) is 10.8 Å². The van der Waals surface area contributed by atoms with E-state index in [4.69, 9.17) is 10.8 Å². The Balaban J connectivity index is 2.35. The van der Waals surface area contributed by atoms with Crippen LogP contribution in [0.1, 0.15) is 12.5 Å². The predicted octanol–water partition coefficient (Wildman–Crippen LogP) is 4.21. The van der Waals surface area contributed by atoms with Crippen LogP contribution >= 0.6 is 0 Å². The summed E-state index contributed by atoms with van der Waals surface area (Å²) in [6, 6.07) is 10.8. The van der Waals surface area contributed by atoms with E-state index in [0.717, 1.165) is 5.56 Å². The summed E-state index contributed by atoms with van der Waals surface area (Å²) in [5, 5.41) is 16.3. The summed E-state index contributed by atoms with van der Waals surface area (Å²) in [4.78, 5) is 5.42. The fraction of sp³-hybridized carbons (Fsp3) is 0.211. The molecule has 0 aliphatic rings. The lowest BCUT2D eigenvalue weighted by Gasteiger charge is -2.26. The van der Waals surface area contributed by atoms with Gasteiger partial charge < -0.3 is 4.90 Å². The molecule has 0 amide bonds. The van der Waals surface area contributed by atoms with Crippen molar-refractivity contribution in [1.82, 2.24) is 9.55 Å². The van der Waals surface area contributed by atoms with Crippen LogP contribution in [0.2, 0.25) is 0 Å². The second-order valence-electron chi connectivity index (χ2n) is 6.18. The van der Waals surface area contributed by atoms with Gasteiger partial charge in [-0.05, 0) is 49.7 Å². The van der Waals surface area contributed by atoms with Crippen molar-refractivity contribution in [3.8, 4) is 0 Å². The van der Waals surface area contributed by atoms with Crippen LogP contribution in [0.15, 0.2) is 42.5 Å². The highest BCUT2D eigenvalue weighted by atomic mass is 19.3. The summed E-state index contributed by atoms with van der Waals surface area (Å²) in [7, 11) is 0. The largest absolute Gasteiger partial charge is 0.320 e. The molecule has 140 valence electrons. The summed E-state index contributed by atoms with van der Waals surface area (Å²) >= 11 is 0. The predicted molar refractivity (Wildman–Crippen MR) is 98.5 cm³/mol. The highest BCUT2D eigenvalue weighted by molar-refractivity contribution is 5.97. The molecular weight excluding hydrogens is 355 g/mol. The molecule has 0 atom stereocenters. The van der Waals surface area contributed by atoms with Gasteiger partial charge in [-0.3, -0.25) is 15.4 Å². The first-order valence-electron chi connectivity index (χ1n) is 8.22. The molecule has 0 unspecified atom stereocenters. The lowest BCUT2D eigenvalue weighted by atomic mass is 10.1. The molecule has 0 spiro atoms. The van der Waals surface area contributed by atoms with Crippen molar-refractivity contribution < 1.29 is 13.2 Å². The SMILES string of the molecule is CC(=N)n1c(=N)nc(N(CC(F)F)c2cccc(C)c2)c2cc(F)ccc21. The number of aromatic nitrogens is 2. The molecule has 8 heteroatoms. The highest BCUT2D eigenvalue weighted by Gasteiger charge is 2.21. The fourth-order valence-electron chi connectivity index (χ4n) is 3.00. The topological polar surface area (TPSA) is 68.8 Å². The molecule has 1 aromatic heterocycles. The summed E-state index contributed by atoms with van der Waals surface area (Å²) < 4.78 is 41.8. The van der Waals surface area contributed by atoms with Crippen LogP contribution in [0.25, 0.3) is 10.9 Å². The number of rotatable bonds is 4. The van der Waals surface area contributed by atoms with Crippen LogP contribution in [0.3, 0.4) is 0 Å². The minimum Gasteiger partial charge on any atom is -0.320 e. The number of hydrogen-bond acceptors (Lipinski definition) is 4. The molecule has 3 aromatic rings. The maximum absolute atomic E-state index is 13.9. The molecule has 0 radical (unpaired) electrons. The van der Waals surface area contributed by atoms with Crippen molar-refractivity contribution in [2.45, 2.75) is 20.3 Å². The Hall–Kier alpha value is -3.16. The maximum atomic E-state index is 13.9. The zero-order valence-electron chi connectivity index (χ0n) is 14.8. The third-order valence-corrected chi connectivity index (χ3v) is 4.09. The van der Waals surface area contributed by atoms with Crippen molar-refractivity contribution in [3.63, 3.8) is 0 Å². The van der Waals surface area contributed by atoms with Crippen LogP contribution < -0.4 is 10.5 Å². The summed E-state index contributed by atoms with van der Waals surface area (Å²) in [6.07, 6.45) is -2.66. The van der Waals surface area contributed by atoms with Crippen LogP contribution in [0, 0.1) is 23.6 Å². The Morgan fingerprint density at radius 2 is 1.96 bits per heavy atom. The van der Waals surface area contributed by atoms with Crippen molar-refractivity contribution in [3.05, 3.63) is 59.5 Å². The Labute approximate surface area is 153 Å². The monoisotopic (exact) mass is 373 g/mol. The first kappa shape index (κ1) is 18.6. The Bertz CT molecular complexity index is 1070. The number of nitrogens with one attached hydrogen (secondary N) is 2. The number of anilines is 2. The van der Waals surface area contributed by atoms with Gasteiger partial charge in [0, 0.05) is 11.1 Å². The minimum absolute atomic E-state index is 0.0200. The smallest absolute Gasteiger partial charge is 0.256 e. The molecule has 27 heavy (non-hydrogen) atoms. The van der Waals surface area contributed by atoms with Gasteiger partial charge in [0.1, 0.15) is 17.5 Å². The van der Waals surface area contributed by atoms with Crippen LogP contribution in [0.4, 0.5) is 24.7 Å². The molecular formula is C19H18F3N5. The minimum atomic E-state index is -2.66. The van der Waals surface area contributed by atoms with Gasteiger partial charge in [0.25, 0.3) is 6.43 Å². The first-order chi connectivity index (χ1) is 12.8. The second-order valence-corrected chi connectivity index (χ2v) is 6.18. The number of alkyl halides is 2. The van der Waals surface area contributed by atoms with Crippen LogP contribution in [0.5, 0.6) is 0 Å². The molecule has 0 aliphatic carbocycles. The number of fused-ring (bicyclic) bond motifs is 1. The van der Waals surface area contributed by atoms with E-state index in [-0.39, 0.29) is 22.7 Å². The van der Waals surface area contributed by atoms with Gasteiger partial charge in [-0.1, -0.05) is 12.1 Å². The van der Waals surface area contributed by atoms with Gasteiger partial charge >= 0.3 is 0 Å². The van der Waals surface area contributed by atoms with E-state index in [2.05, 4.69) is 4.98 Å². The zero-order chi connectivity index (χ0) is 19.7. The maximum Gasteiger partial charge on any atom is 0.256 e. The van der Waals surface area contributed by atoms with E-state index in [1.54, 1.807) is 18.2 Å². The lowest BCUT2D eigenvalue weighted by Crippen LogP contribution is -2.32. The molecule has 0 fully saturated rings. The van der Waals surface area contributed by atoms with E-state index < -0.39 is 18.8 Å². The Kier molecular flexibility index (Phi) is 4.98. The lowest BCUT2D eigenvalue weighted by molar-refractivity contribution is 0.158. The fourth-order valence-corrected chi connectivity index (χ4v) is 3.00. The van der Waals surface area contributed by atoms with Crippen molar-refractivity contribution in [2.75, 3.05) is 11.4 Å². The molecule has 5 nitrogen and oxygen atoms in total. The quantitative estimate of drug-likeness (QED) is 0.531. The van der Waals surface area contributed by atoms with E-state index >= 15 is 0 Å². The first-order valence-corrected chi connectivity index (χ1v) is 8.22. The van der Waals surface area contributed by atoms with Gasteiger partial charge in [-0.2, -0.15) is 4.98 Å². The number of hydrogen-bond donors (Lipinski definition) is 2. The summed E-state index contributed by atoms with van der Waals surface area (Å²) in [5.74, 6) is -0.483. The molecule has 2 aromatic carbocycles. The highest BCUT2D eigenvalue weighted by Crippen LogP contribution is 2.31. The number of halogens is 3. The molecule has 2 N–H and O–H groups in total. The van der Waals surface area contributed by atoms with Crippen LogP contribution in [-0.4, -0.2) is 28.4 Å². The number of nitrogens with zero attached hydrogens (tertiary/aromatic N) is 3. The van der Waals surface area contributed by atoms with E-state index in [1.165, 1.54) is 34.6 Å². The third-order valence-electron chi connectivity index (χ3n) is 4.09. The van der Waals surface area contributed by atoms with E-state index in [0.29, 0.717) is 11.2 Å². The number of aryl methyl sites for hydroxylation is 1. The molecule has 0 bridgehead atoms. The standard InChI is InChI=1S/C19H18F3N5/c1-11-4-3-5-14(8-11)26(10-17(21)22)18-15-9-13(20)6-7-16(15)27(12(2)23)19(24)25-18/h3-9,17,23-24H,10H2,1-2H3. The molecule has 0 aliphatic heterocycles. The summed E-state index contributed by atoms with van der Waals surface area (Å²) in [6.45, 7) is 2.65. The van der Waals surface area contributed by atoms with Gasteiger partial charge in [0.2, 0.25) is 5.62 Å². The molecule has 3 rings (SSSR count). The molecule has 0 saturated heterocycles. The van der Waals surface area contributed by atoms with Gasteiger partial charge in [0.15, 0.2) is 0 Å². The molecule has 1 heterocycles. The average molecular weight is 373 g/mol. The van der Waals surface area contributed by atoms with Gasteiger partial charge in [0.05, 0.1) is 12.1 Å². The average Bonchev–Trinajstić information content (AvgIpc) is 2.59. The number of benzene rings is 2.